The molecular weight excluding hydrogens is 196 g/mol. The Morgan fingerprint density at radius 3 is 3.13 bits per heavy atom. The molecule has 0 atom stereocenters. The average molecular weight is 212 g/mol. The lowest BCUT2D eigenvalue weighted by Gasteiger charge is -2.03. The molecule has 6 nitrogen and oxygen atoms in total. The maximum atomic E-state index is 10.3. The lowest BCUT2D eigenvalue weighted by molar-refractivity contribution is -0.122. The van der Waals surface area contributed by atoms with Crippen LogP contribution in [0.2, 0.25) is 0 Å². The Morgan fingerprint density at radius 1 is 1.73 bits per heavy atom. The lowest BCUT2D eigenvalue weighted by atomic mass is 10.3. The molecule has 0 radical (unpaired) electrons. The van der Waals surface area contributed by atoms with Crippen molar-refractivity contribution in [3.8, 4) is 0 Å². The predicted molar refractivity (Wildman–Crippen MR) is 55.0 cm³/mol. The highest BCUT2D eigenvalue weighted by atomic mass is 16.5. The summed E-state index contributed by atoms with van der Waals surface area (Å²) in [6.45, 7) is 3.76. The van der Waals surface area contributed by atoms with Gasteiger partial charge in [0.1, 0.15) is 6.61 Å². The zero-order valence-corrected chi connectivity index (χ0v) is 8.75. The summed E-state index contributed by atoms with van der Waals surface area (Å²) in [6, 6.07) is 0. The number of rotatable bonds is 7. The summed E-state index contributed by atoms with van der Waals surface area (Å²) < 4.78 is 4.98. The zero-order chi connectivity index (χ0) is 11.1. The molecule has 1 aromatic heterocycles. The van der Waals surface area contributed by atoms with E-state index in [0.717, 1.165) is 11.4 Å². The highest BCUT2D eigenvalue weighted by Gasteiger charge is 1.99. The average Bonchev–Trinajstić information content (AvgIpc) is 2.57. The topological polar surface area (TPSA) is 93.0 Å². The van der Waals surface area contributed by atoms with Gasteiger partial charge in [-0.2, -0.15) is 0 Å². The number of hydrogen-bond acceptors (Lipinski definition) is 4. The third-order valence-electron chi connectivity index (χ3n) is 1.89. The highest BCUT2D eigenvalue weighted by Crippen LogP contribution is 1.98. The van der Waals surface area contributed by atoms with Gasteiger partial charge in [0.15, 0.2) is 0 Å². The number of primary amides is 1. The molecule has 0 unspecified atom stereocenters. The fourth-order valence-corrected chi connectivity index (χ4v) is 1.09. The van der Waals surface area contributed by atoms with E-state index in [4.69, 9.17) is 10.5 Å². The third kappa shape index (κ3) is 4.57. The van der Waals surface area contributed by atoms with Gasteiger partial charge in [-0.1, -0.05) is 0 Å². The van der Waals surface area contributed by atoms with Gasteiger partial charge in [0, 0.05) is 18.8 Å². The second kappa shape index (κ2) is 6.15. The van der Waals surface area contributed by atoms with Gasteiger partial charge in [0.05, 0.1) is 18.6 Å². The van der Waals surface area contributed by atoms with E-state index in [1.165, 1.54) is 0 Å². The molecule has 0 aromatic carbocycles. The van der Waals surface area contributed by atoms with Crippen LogP contribution in [0.25, 0.3) is 0 Å². The van der Waals surface area contributed by atoms with E-state index in [9.17, 15) is 4.79 Å². The molecule has 0 spiro atoms. The molecule has 0 fully saturated rings. The van der Waals surface area contributed by atoms with Crippen molar-refractivity contribution in [3.63, 3.8) is 0 Å². The normalized spacial score (nSPS) is 10.5. The standard InChI is InChI=1S/C9H16N4O2/c1-7-8(13-6-12-7)4-11-2-3-15-5-9(10)14/h6,11H,2-5H2,1H3,(H2,10,14)(H,12,13). The van der Waals surface area contributed by atoms with E-state index in [-0.39, 0.29) is 6.61 Å². The second-order valence-corrected chi connectivity index (χ2v) is 3.17. The molecule has 0 saturated carbocycles. The number of hydrogen-bond donors (Lipinski definition) is 3. The van der Waals surface area contributed by atoms with Crippen molar-refractivity contribution in [2.24, 2.45) is 5.73 Å². The van der Waals surface area contributed by atoms with Crippen LogP contribution in [0.5, 0.6) is 0 Å². The number of carbonyl (C=O) groups excluding carboxylic acids is 1. The number of aromatic amines is 1. The summed E-state index contributed by atoms with van der Waals surface area (Å²) in [6.07, 6.45) is 1.66. The van der Waals surface area contributed by atoms with E-state index in [1.54, 1.807) is 6.33 Å². The predicted octanol–water partition coefficient (Wildman–Crippen LogP) is -0.690. The molecule has 0 saturated heterocycles. The first kappa shape index (κ1) is 11.7. The molecule has 0 aliphatic carbocycles. The van der Waals surface area contributed by atoms with Gasteiger partial charge in [0.2, 0.25) is 5.91 Å². The number of imidazole rings is 1. The summed E-state index contributed by atoms with van der Waals surface area (Å²) in [5, 5.41) is 3.14. The Morgan fingerprint density at radius 2 is 2.53 bits per heavy atom. The lowest BCUT2D eigenvalue weighted by Crippen LogP contribution is -2.24. The number of H-pyrrole nitrogens is 1. The summed E-state index contributed by atoms with van der Waals surface area (Å²) in [5.74, 6) is -0.446. The quantitative estimate of drug-likeness (QED) is 0.521. The minimum Gasteiger partial charge on any atom is -0.370 e. The third-order valence-corrected chi connectivity index (χ3v) is 1.89. The number of aryl methyl sites for hydroxylation is 1. The van der Waals surface area contributed by atoms with E-state index in [2.05, 4.69) is 15.3 Å². The van der Waals surface area contributed by atoms with Gasteiger partial charge in [-0.25, -0.2) is 4.98 Å². The number of amides is 1. The minimum absolute atomic E-state index is 0.0247. The highest BCUT2D eigenvalue weighted by molar-refractivity contribution is 5.74. The van der Waals surface area contributed by atoms with Crippen molar-refractivity contribution in [2.75, 3.05) is 19.8 Å². The van der Waals surface area contributed by atoms with Crippen LogP contribution in [0, 0.1) is 6.92 Å². The van der Waals surface area contributed by atoms with E-state index in [1.807, 2.05) is 6.92 Å². The zero-order valence-electron chi connectivity index (χ0n) is 8.75. The number of carbonyl (C=O) groups is 1. The van der Waals surface area contributed by atoms with Crippen LogP contribution in [-0.2, 0) is 16.1 Å². The summed E-state index contributed by atoms with van der Waals surface area (Å²) in [4.78, 5) is 17.4. The Hall–Kier alpha value is -1.40. The Kier molecular flexibility index (Phi) is 4.79. The molecule has 0 aliphatic heterocycles. The minimum atomic E-state index is -0.446. The van der Waals surface area contributed by atoms with Crippen LogP contribution < -0.4 is 11.1 Å². The van der Waals surface area contributed by atoms with Crippen molar-refractivity contribution in [1.82, 2.24) is 15.3 Å². The van der Waals surface area contributed by atoms with Crippen LogP contribution >= 0.6 is 0 Å². The number of nitrogens with one attached hydrogen (secondary N) is 2. The Balaban J connectivity index is 2.03. The first-order valence-electron chi connectivity index (χ1n) is 4.75. The molecule has 4 N–H and O–H groups in total. The molecular formula is C9H16N4O2. The molecule has 1 aromatic rings. The van der Waals surface area contributed by atoms with Gasteiger partial charge >= 0.3 is 0 Å². The fraction of sp³-hybridized carbons (Fsp3) is 0.556. The molecule has 1 amide bonds. The molecule has 6 heteroatoms. The summed E-state index contributed by atoms with van der Waals surface area (Å²) in [7, 11) is 0. The molecule has 15 heavy (non-hydrogen) atoms. The monoisotopic (exact) mass is 212 g/mol. The van der Waals surface area contributed by atoms with Crippen molar-refractivity contribution in [2.45, 2.75) is 13.5 Å². The van der Waals surface area contributed by atoms with Crippen LogP contribution in [0.4, 0.5) is 0 Å². The van der Waals surface area contributed by atoms with Gasteiger partial charge in [0.25, 0.3) is 0 Å². The first-order chi connectivity index (χ1) is 7.20. The first-order valence-corrected chi connectivity index (χ1v) is 4.75. The van der Waals surface area contributed by atoms with Crippen molar-refractivity contribution < 1.29 is 9.53 Å². The second-order valence-electron chi connectivity index (χ2n) is 3.17. The van der Waals surface area contributed by atoms with Crippen molar-refractivity contribution >= 4 is 5.91 Å². The van der Waals surface area contributed by atoms with Gasteiger partial charge in [-0.3, -0.25) is 4.79 Å². The van der Waals surface area contributed by atoms with E-state index < -0.39 is 5.91 Å². The van der Waals surface area contributed by atoms with Crippen molar-refractivity contribution in [3.05, 3.63) is 17.7 Å². The Labute approximate surface area is 88.2 Å². The van der Waals surface area contributed by atoms with Gasteiger partial charge in [-0.15, -0.1) is 0 Å². The number of nitrogens with two attached hydrogens (primary N) is 1. The van der Waals surface area contributed by atoms with Crippen molar-refractivity contribution in [1.29, 1.82) is 0 Å². The van der Waals surface area contributed by atoms with E-state index >= 15 is 0 Å². The largest absolute Gasteiger partial charge is 0.370 e. The molecule has 1 heterocycles. The Bertz CT molecular complexity index is 311. The van der Waals surface area contributed by atoms with Gasteiger partial charge < -0.3 is 20.8 Å². The van der Waals surface area contributed by atoms with Crippen LogP contribution in [0.3, 0.4) is 0 Å². The molecule has 84 valence electrons. The summed E-state index contributed by atoms with van der Waals surface area (Å²) >= 11 is 0. The number of nitrogens with zero attached hydrogens (tertiary/aromatic N) is 1. The number of aromatic nitrogens is 2. The number of ether oxygens (including phenoxy) is 1. The maximum absolute atomic E-state index is 10.3. The molecule has 1 rings (SSSR count). The maximum Gasteiger partial charge on any atom is 0.243 e. The smallest absolute Gasteiger partial charge is 0.243 e. The SMILES string of the molecule is Cc1[nH]cnc1CNCCOCC(N)=O. The van der Waals surface area contributed by atoms with Crippen LogP contribution in [-0.4, -0.2) is 35.6 Å². The summed E-state index contributed by atoms with van der Waals surface area (Å²) in [5.41, 5.74) is 6.95. The van der Waals surface area contributed by atoms with Gasteiger partial charge in [-0.05, 0) is 6.92 Å². The molecule has 0 aliphatic rings. The van der Waals surface area contributed by atoms with Crippen LogP contribution in [0.1, 0.15) is 11.4 Å². The molecule has 0 bridgehead atoms. The van der Waals surface area contributed by atoms with E-state index in [0.29, 0.717) is 19.7 Å². The fourth-order valence-electron chi connectivity index (χ4n) is 1.09. The van der Waals surface area contributed by atoms with Crippen LogP contribution in [0.15, 0.2) is 6.33 Å².